The lowest BCUT2D eigenvalue weighted by Gasteiger charge is -2.35. The van der Waals surface area contributed by atoms with Crippen molar-refractivity contribution in [1.29, 1.82) is 0 Å². The van der Waals surface area contributed by atoms with Crippen molar-refractivity contribution >= 4 is 40.3 Å². The van der Waals surface area contributed by atoms with E-state index < -0.39 is 18.1 Å². The molecule has 33 heavy (non-hydrogen) atoms. The van der Waals surface area contributed by atoms with Crippen molar-refractivity contribution in [3.8, 4) is 0 Å². The lowest BCUT2D eigenvalue weighted by Crippen LogP contribution is -2.49. The molecular weight excluding hydrogens is 452 g/mol. The van der Waals surface area contributed by atoms with Crippen LogP contribution in [0.3, 0.4) is 0 Å². The van der Waals surface area contributed by atoms with Crippen LogP contribution in [0.15, 0.2) is 60.7 Å². The number of alkyl carbamates (subject to hydrolysis) is 1. The van der Waals surface area contributed by atoms with Gasteiger partial charge in [0.15, 0.2) is 0 Å². The van der Waals surface area contributed by atoms with Crippen LogP contribution in [0.4, 0.5) is 4.79 Å². The van der Waals surface area contributed by atoms with Crippen LogP contribution in [0, 0.1) is 17.8 Å². The third-order valence-electron chi connectivity index (χ3n) is 5.92. The zero-order chi connectivity index (χ0) is 24.0. The van der Waals surface area contributed by atoms with Crippen LogP contribution in [0.5, 0.6) is 0 Å². The van der Waals surface area contributed by atoms with Crippen molar-refractivity contribution in [2.45, 2.75) is 46.4 Å². The lowest BCUT2D eigenvalue weighted by molar-refractivity contribution is -0.135. The number of nitrogens with one attached hydrogen (secondary N) is 1. The molecule has 0 aromatic heterocycles. The van der Waals surface area contributed by atoms with E-state index in [4.69, 9.17) is 17.0 Å². The van der Waals surface area contributed by atoms with E-state index in [2.05, 4.69) is 19.2 Å². The number of amides is 2. The molecule has 2 aromatic carbocycles. The van der Waals surface area contributed by atoms with E-state index in [1.807, 2.05) is 74.5 Å². The zero-order valence-corrected chi connectivity index (χ0v) is 21.2. The van der Waals surface area contributed by atoms with Gasteiger partial charge in [-0.3, -0.25) is 9.69 Å². The molecule has 7 heteroatoms. The SMILES string of the molecule is CC(C)[C@@H](C(=O)N1C(=S)SC[C@@H]1C(C)C)[C@@H](NC(=O)OCc1ccccc1)c1ccccc1. The Labute approximate surface area is 206 Å². The third kappa shape index (κ3) is 6.36. The number of carbonyl (C=O) groups is 2. The minimum absolute atomic E-state index is 0.0293. The van der Waals surface area contributed by atoms with Crippen LogP contribution in [0.25, 0.3) is 0 Å². The van der Waals surface area contributed by atoms with Crippen molar-refractivity contribution in [2.75, 3.05) is 5.75 Å². The number of hydrogen-bond donors (Lipinski definition) is 1. The molecule has 1 N–H and O–H groups in total. The Morgan fingerprint density at radius 1 is 1.06 bits per heavy atom. The topological polar surface area (TPSA) is 58.6 Å². The van der Waals surface area contributed by atoms with E-state index in [1.165, 1.54) is 0 Å². The Balaban J connectivity index is 1.86. The van der Waals surface area contributed by atoms with Crippen LogP contribution in [0.1, 0.15) is 44.9 Å². The highest BCUT2D eigenvalue weighted by Crippen LogP contribution is 2.36. The summed E-state index contributed by atoms with van der Waals surface area (Å²) in [4.78, 5) is 28.5. The molecule has 176 valence electrons. The molecule has 0 unspecified atom stereocenters. The standard InChI is InChI=1S/C26H32N2O3S2/c1-17(2)21-16-33-26(32)28(21)24(29)22(18(3)4)23(20-13-9-6-10-14-20)27-25(30)31-15-19-11-7-5-8-12-19/h5-14,17-18,21-23H,15-16H2,1-4H3,(H,27,30)/t21-,22-,23+/m1/s1. The number of ether oxygens (including phenoxy) is 1. The van der Waals surface area contributed by atoms with Gasteiger partial charge < -0.3 is 10.1 Å². The number of rotatable bonds is 8. The molecule has 1 heterocycles. The molecule has 1 aliphatic heterocycles. The fourth-order valence-electron chi connectivity index (χ4n) is 4.09. The average molecular weight is 485 g/mol. The summed E-state index contributed by atoms with van der Waals surface area (Å²) in [6.45, 7) is 8.39. The smallest absolute Gasteiger partial charge is 0.407 e. The van der Waals surface area contributed by atoms with E-state index in [9.17, 15) is 9.59 Å². The number of carbonyl (C=O) groups excluding carboxylic acids is 2. The second-order valence-corrected chi connectivity index (χ2v) is 10.6. The largest absolute Gasteiger partial charge is 0.445 e. The summed E-state index contributed by atoms with van der Waals surface area (Å²) in [7, 11) is 0. The van der Waals surface area contributed by atoms with Gasteiger partial charge in [-0.25, -0.2) is 4.79 Å². The summed E-state index contributed by atoms with van der Waals surface area (Å²) in [6.07, 6.45) is -0.551. The molecule has 5 nitrogen and oxygen atoms in total. The van der Waals surface area contributed by atoms with Crippen molar-refractivity contribution in [1.82, 2.24) is 10.2 Å². The molecule has 0 bridgehead atoms. The molecule has 2 aromatic rings. The highest BCUT2D eigenvalue weighted by atomic mass is 32.2. The monoisotopic (exact) mass is 484 g/mol. The summed E-state index contributed by atoms with van der Waals surface area (Å²) < 4.78 is 6.10. The maximum atomic E-state index is 13.9. The molecule has 0 radical (unpaired) electrons. The lowest BCUT2D eigenvalue weighted by atomic mass is 9.83. The van der Waals surface area contributed by atoms with Gasteiger partial charge >= 0.3 is 6.09 Å². The van der Waals surface area contributed by atoms with Gasteiger partial charge in [0, 0.05) is 11.8 Å². The normalized spacial score (nSPS) is 17.8. The molecule has 0 spiro atoms. The molecule has 2 amide bonds. The highest BCUT2D eigenvalue weighted by Gasteiger charge is 2.43. The number of thioether (sulfide) groups is 1. The summed E-state index contributed by atoms with van der Waals surface area (Å²) in [5.74, 6) is 0.521. The van der Waals surface area contributed by atoms with Crippen molar-refractivity contribution in [3.63, 3.8) is 0 Å². The predicted octanol–water partition coefficient (Wildman–Crippen LogP) is 5.81. The van der Waals surface area contributed by atoms with Crippen molar-refractivity contribution in [2.24, 2.45) is 17.8 Å². The Hall–Kier alpha value is -2.38. The summed E-state index contributed by atoms with van der Waals surface area (Å²) >= 11 is 7.11. The van der Waals surface area contributed by atoms with Gasteiger partial charge in [0.2, 0.25) is 5.91 Å². The van der Waals surface area contributed by atoms with Gasteiger partial charge in [-0.05, 0) is 23.0 Å². The molecule has 0 saturated carbocycles. The zero-order valence-electron chi connectivity index (χ0n) is 19.6. The molecule has 1 saturated heterocycles. The first-order valence-corrected chi connectivity index (χ1v) is 12.7. The summed E-state index contributed by atoms with van der Waals surface area (Å²) in [5.41, 5.74) is 1.76. The summed E-state index contributed by atoms with van der Waals surface area (Å²) in [6, 6.07) is 18.6. The minimum Gasteiger partial charge on any atom is -0.445 e. The fourth-order valence-corrected chi connectivity index (χ4v) is 5.73. The van der Waals surface area contributed by atoms with Gasteiger partial charge in [0.1, 0.15) is 10.9 Å². The van der Waals surface area contributed by atoms with Gasteiger partial charge in [-0.15, -0.1) is 0 Å². The number of nitrogens with zero attached hydrogens (tertiary/aromatic N) is 1. The average Bonchev–Trinajstić information content (AvgIpc) is 3.20. The van der Waals surface area contributed by atoms with E-state index >= 15 is 0 Å². The number of benzene rings is 2. The van der Waals surface area contributed by atoms with Crippen LogP contribution in [-0.2, 0) is 16.1 Å². The van der Waals surface area contributed by atoms with E-state index in [0.29, 0.717) is 4.32 Å². The first kappa shape index (κ1) is 25.2. The van der Waals surface area contributed by atoms with Crippen LogP contribution in [-0.4, -0.2) is 33.0 Å². The first-order valence-electron chi connectivity index (χ1n) is 11.3. The first-order chi connectivity index (χ1) is 15.8. The second-order valence-electron chi connectivity index (χ2n) is 8.96. The van der Waals surface area contributed by atoms with E-state index in [0.717, 1.165) is 16.9 Å². The van der Waals surface area contributed by atoms with Gasteiger partial charge in [-0.1, -0.05) is 112 Å². The maximum absolute atomic E-state index is 13.9. The molecule has 3 rings (SSSR count). The molecular formula is C26H32N2O3S2. The van der Waals surface area contributed by atoms with Gasteiger partial charge in [0.25, 0.3) is 0 Å². The second kappa shape index (κ2) is 11.7. The highest BCUT2D eigenvalue weighted by molar-refractivity contribution is 8.23. The Bertz CT molecular complexity index is 951. The molecule has 3 atom stereocenters. The molecule has 1 aliphatic rings. The Morgan fingerprint density at radius 2 is 1.67 bits per heavy atom. The molecule has 1 fully saturated rings. The minimum atomic E-state index is -0.551. The van der Waals surface area contributed by atoms with Crippen LogP contribution in [0.2, 0.25) is 0 Å². The summed E-state index contributed by atoms with van der Waals surface area (Å²) in [5, 5.41) is 2.99. The molecule has 0 aliphatic carbocycles. The van der Waals surface area contributed by atoms with Gasteiger partial charge in [-0.2, -0.15) is 0 Å². The number of thiocarbonyl (C=S) groups is 1. The fraction of sp³-hybridized carbons (Fsp3) is 0.423. The van der Waals surface area contributed by atoms with E-state index in [-0.39, 0.29) is 30.4 Å². The quantitative estimate of drug-likeness (QED) is 0.479. The predicted molar refractivity (Wildman–Crippen MR) is 138 cm³/mol. The van der Waals surface area contributed by atoms with Crippen LogP contribution < -0.4 is 5.32 Å². The maximum Gasteiger partial charge on any atom is 0.407 e. The third-order valence-corrected chi connectivity index (χ3v) is 7.42. The Kier molecular flexibility index (Phi) is 8.92. The van der Waals surface area contributed by atoms with E-state index in [1.54, 1.807) is 16.7 Å². The number of hydrogen-bond acceptors (Lipinski definition) is 5. The van der Waals surface area contributed by atoms with Crippen LogP contribution >= 0.6 is 24.0 Å². The van der Waals surface area contributed by atoms with Gasteiger partial charge in [0.05, 0.1) is 12.0 Å². The Morgan fingerprint density at radius 3 is 2.24 bits per heavy atom. The van der Waals surface area contributed by atoms with Crippen molar-refractivity contribution in [3.05, 3.63) is 71.8 Å². The van der Waals surface area contributed by atoms with Crippen molar-refractivity contribution < 1.29 is 14.3 Å².